The fraction of sp³-hybridized carbons (Fsp3) is 0.556. The molecule has 1 aromatic carbocycles. The summed E-state index contributed by atoms with van der Waals surface area (Å²) in [6.07, 6.45) is 5.97. The minimum absolute atomic E-state index is 0.129. The van der Waals surface area contributed by atoms with Crippen LogP contribution in [0.3, 0.4) is 0 Å². The summed E-state index contributed by atoms with van der Waals surface area (Å²) in [6, 6.07) is 6.10. The van der Waals surface area contributed by atoms with Crippen LogP contribution >= 0.6 is 0 Å². The van der Waals surface area contributed by atoms with Crippen molar-refractivity contribution in [3.05, 3.63) is 29.3 Å². The molecule has 1 saturated carbocycles. The van der Waals surface area contributed by atoms with E-state index in [1.165, 1.54) is 19.3 Å². The molecule has 3 rings (SSSR count). The zero-order valence-electron chi connectivity index (χ0n) is 12.7. The summed E-state index contributed by atoms with van der Waals surface area (Å²) < 4.78 is 12.1. The van der Waals surface area contributed by atoms with Gasteiger partial charge < -0.3 is 15.2 Å². The van der Waals surface area contributed by atoms with Gasteiger partial charge in [-0.25, -0.2) is 0 Å². The van der Waals surface area contributed by atoms with Gasteiger partial charge in [0.05, 0.1) is 18.8 Å². The molecule has 1 spiro atoms. The van der Waals surface area contributed by atoms with Crippen molar-refractivity contribution in [3.63, 3.8) is 0 Å². The molecule has 1 heterocycles. The maximum atomic E-state index is 6.17. The van der Waals surface area contributed by atoms with Gasteiger partial charge in [-0.2, -0.15) is 0 Å². The predicted octanol–water partition coefficient (Wildman–Crippen LogP) is 2.79. The lowest BCUT2D eigenvalue weighted by molar-refractivity contribution is -0.153. The van der Waals surface area contributed by atoms with Gasteiger partial charge in [0.15, 0.2) is 0 Å². The van der Waals surface area contributed by atoms with Gasteiger partial charge in [0.1, 0.15) is 11.9 Å². The third kappa shape index (κ3) is 3.23. The molecule has 2 aliphatic rings. The van der Waals surface area contributed by atoms with Crippen molar-refractivity contribution in [2.24, 2.45) is 5.73 Å². The Morgan fingerprint density at radius 1 is 1.43 bits per heavy atom. The van der Waals surface area contributed by atoms with Crippen LogP contribution in [0.2, 0.25) is 0 Å². The Bertz CT molecular complexity index is 566. The van der Waals surface area contributed by atoms with Gasteiger partial charge >= 0.3 is 0 Å². The molecule has 0 radical (unpaired) electrons. The zero-order valence-corrected chi connectivity index (χ0v) is 12.7. The van der Waals surface area contributed by atoms with Gasteiger partial charge in [-0.1, -0.05) is 11.8 Å². The van der Waals surface area contributed by atoms with E-state index in [1.807, 2.05) is 12.1 Å². The second kappa shape index (κ2) is 6.09. The van der Waals surface area contributed by atoms with E-state index in [1.54, 1.807) is 0 Å². The molecule has 1 saturated heterocycles. The average molecular weight is 285 g/mol. The van der Waals surface area contributed by atoms with Crippen LogP contribution in [0.5, 0.6) is 5.75 Å². The normalized spacial score (nSPS) is 23.0. The number of ether oxygens (including phenoxy) is 2. The summed E-state index contributed by atoms with van der Waals surface area (Å²) in [5.41, 5.74) is 7.70. The molecule has 1 aliphatic carbocycles. The Balaban J connectivity index is 1.66. The molecule has 1 unspecified atom stereocenters. The molecule has 0 aromatic heterocycles. The van der Waals surface area contributed by atoms with Crippen molar-refractivity contribution in [2.75, 3.05) is 13.2 Å². The largest absolute Gasteiger partial charge is 0.490 e. The summed E-state index contributed by atoms with van der Waals surface area (Å²) in [5.74, 6) is 6.91. The van der Waals surface area contributed by atoms with Crippen LogP contribution in [0, 0.1) is 18.8 Å². The number of hydrogen-bond acceptors (Lipinski definition) is 3. The molecule has 21 heavy (non-hydrogen) atoms. The maximum Gasteiger partial charge on any atom is 0.120 e. The fourth-order valence-corrected chi connectivity index (χ4v) is 3.19. The van der Waals surface area contributed by atoms with Gasteiger partial charge in [-0.05, 0) is 49.9 Å². The molecule has 0 bridgehead atoms. The first kappa shape index (κ1) is 14.4. The standard InChI is InChI=1S/C18H23NO2/c1-14-12-16(6-5-15(14)4-2-10-19)21-17-7-11-20-18(13-17)8-3-9-18/h5-6,12,17H,3,7-11,13,19H2,1H3. The first-order valence-corrected chi connectivity index (χ1v) is 7.81. The van der Waals surface area contributed by atoms with Crippen molar-refractivity contribution >= 4 is 0 Å². The quantitative estimate of drug-likeness (QED) is 0.850. The molecular formula is C18H23NO2. The highest BCUT2D eigenvalue weighted by Gasteiger charge is 2.43. The Labute approximate surface area is 126 Å². The highest BCUT2D eigenvalue weighted by molar-refractivity contribution is 5.44. The first-order valence-electron chi connectivity index (χ1n) is 7.81. The van der Waals surface area contributed by atoms with Crippen molar-refractivity contribution in [1.82, 2.24) is 0 Å². The molecule has 0 amide bonds. The fourth-order valence-electron chi connectivity index (χ4n) is 3.19. The van der Waals surface area contributed by atoms with Crippen molar-refractivity contribution in [2.45, 2.75) is 50.7 Å². The van der Waals surface area contributed by atoms with Gasteiger partial charge in [-0.3, -0.25) is 0 Å². The van der Waals surface area contributed by atoms with Crippen molar-refractivity contribution < 1.29 is 9.47 Å². The summed E-state index contributed by atoms with van der Waals surface area (Å²) in [7, 11) is 0. The molecule has 3 heteroatoms. The second-order valence-electron chi connectivity index (χ2n) is 6.10. The van der Waals surface area contributed by atoms with E-state index in [0.29, 0.717) is 6.54 Å². The van der Waals surface area contributed by atoms with Crippen LogP contribution in [-0.2, 0) is 4.74 Å². The SMILES string of the molecule is Cc1cc(OC2CCOC3(CCC3)C2)ccc1C#CCN. The molecule has 2 fully saturated rings. The zero-order chi connectivity index (χ0) is 14.7. The number of hydrogen-bond donors (Lipinski definition) is 1. The molecule has 1 aliphatic heterocycles. The third-order valence-electron chi connectivity index (χ3n) is 4.54. The Morgan fingerprint density at radius 2 is 2.29 bits per heavy atom. The summed E-state index contributed by atoms with van der Waals surface area (Å²) in [6.45, 7) is 3.27. The predicted molar refractivity (Wildman–Crippen MR) is 83.3 cm³/mol. The molecule has 112 valence electrons. The van der Waals surface area contributed by atoms with E-state index in [9.17, 15) is 0 Å². The van der Waals surface area contributed by atoms with Crippen LogP contribution in [0.4, 0.5) is 0 Å². The Morgan fingerprint density at radius 3 is 2.95 bits per heavy atom. The number of aryl methyl sites for hydroxylation is 1. The highest BCUT2D eigenvalue weighted by atomic mass is 16.5. The lowest BCUT2D eigenvalue weighted by Gasteiger charge is -2.46. The average Bonchev–Trinajstić information content (AvgIpc) is 2.45. The van der Waals surface area contributed by atoms with Crippen LogP contribution < -0.4 is 10.5 Å². The molecular weight excluding hydrogens is 262 g/mol. The van der Waals surface area contributed by atoms with Crippen molar-refractivity contribution in [1.29, 1.82) is 0 Å². The lowest BCUT2D eigenvalue weighted by atomic mass is 9.74. The first-order chi connectivity index (χ1) is 10.2. The minimum atomic E-state index is 0.129. The van der Waals surface area contributed by atoms with Crippen LogP contribution in [0.25, 0.3) is 0 Å². The van der Waals surface area contributed by atoms with Crippen LogP contribution in [-0.4, -0.2) is 24.9 Å². The number of rotatable bonds is 2. The van der Waals surface area contributed by atoms with Crippen LogP contribution in [0.15, 0.2) is 18.2 Å². The molecule has 2 N–H and O–H groups in total. The molecule has 1 aromatic rings. The second-order valence-corrected chi connectivity index (χ2v) is 6.10. The van der Waals surface area contributed by atoms with Crippen LogP contribution in [0.1, 0.15) is 43.2 Å². The third-order valence-corrected chi connectivity index (χ3v) is 4.54. The van der Waals surface area contributed by atoms with Gasteiger partial charge in [0, 0.05) is 18.4 Å². The Kier molecular flexibility index (Phi) is 4.19. The maximum absolute atomic E-state index is 6.17. The van der Waals surface area contributed by atoms with Gasteiger partial charge in [-0.15, -0.1) is 0 Å². The van der Waals surface area contributed by atoms with Gasteiger partial charge in [0.25, 0.3) is 0 Å². The van der Waals surface area contributed by atoms with Gasteiger partial charge in [0.2, 0.25) is 0 Å². The number of benzene rings is 1. The Hall–Kier alpha value is -1.50. The van der Waals surface area contributed by atoms with E-state index in [4.69, 9.17) is 15.2 Å². The topological polar surface area (TPSA) is 44.5 Å². The minimum Gasteiger partial charge on any atom is -0.490 e. The van der Waals surface area contributed by atoms with E-state index >= 15 is 0 Å². The smallest absolute Gasteiger partial charge is 0.120 e. The molecule has 1 atom stereocenters. The van der Waals surface area contributed by atoms with Crippen molar-refractivity contribution in [3.8, 4) is 17.6 Å². The van der Waals surface area contributed by atoms with E-state index < -0.39 is 0 Å². The highest BCUT2D eigenvalue weighted by Crippen LogP contribution is 2.43. The number of nitrogens with two attached hydrogens (primary N) is 1. The monoisotopic (exact) mass is 285 g/mol. The summed E-state index contributed by atoms with van der Waals surface area (Å²) in [4.78, 5) is 0. The molecule has 3 nitrogen and oxygen atoms in total. The van der Waals surface area contributed by atoms with E-state index in [0.717, 1.165) is 36.3 Å². The van der Waals surface area contributed by atoms with E-state index in [-0.39, 0.29) is 11.7 Å². The lowest BCUT2D eigenvalue weighted by Crippen LogP contribution is -2.48. The summed E-state index contributed by atoms with van der Waals surface area (Å²) in [5, 5.41) is 0. The summed E-state index contributed by atoms with van der Waals surface area (Å²) >= 11 is 0. The van der Waals surface area contributed by atoms with E-state index in [2.05, 4.69) is 24.8 Å².